The molecule has 1 N–H and O–H groups in total. The Morgan fingerprint density at radius 2 is 1.91 bits per heavy atom. The topological polar surface area (TPSA) is 63.4 Å². The number of quaternary nitrogens is 1. The molecule has 2 aromatic rings. The van der Waals surface area contributed by atoms with Crippen LogP contribution < -0.4 is 34.0 Å². The van der Waals surface area contributed by atoms with E-state index in [1.54, 1.807) is 0 Å². The smallest absolute Gasteiger partial charge is 0.364 e. The third-order valence-electron chi connectivity index (χ3n) is 6.68. The monoisotopic (exact) mass is 598 g/mol. The number of likely N-dealkylation sites (N-methyl/N-ethyl adjacent to an activating group) is 1. The number of Topliss-reactive ketones (excluding diaryl/α,β-unsaturated/α-hetero) is 1. The van der Waals surface area contributed by atoms with Crippen molar-refractivity contribution in [1.82, 2.24) is 5.32 Å². The summed E-state index contributed by atoms with van der Waals surface area (Å²) in [5.41, 5.74) is 2.15. The van der Waals surface area contributed by atoms with Crippen molar-refractivity contribution in [1.29, 1.82) is 0 Å². The minimum atomic E-state index is -0.246. The Hall–Kier alpha value is -1.17. The number of ketones is 1. The third-order valence-corrected chi connectivity index (χ3v) is 8.06. The van der Waals surface area contributed by atoms with E-state index < -0.39 is 0 Å². The summed E-state index contributed by atoms with van der Waals surface area (Å²) in [6, 6.07) is 16.8. The van der Waals surface area contributed by atoms with Gasteiger partial charge in [0.2, 0.25) is 0 Å². The van der Waals surface area contributed by atoms with Crippen LogP contribution in [0.3, 0.4) is 0 Å². The van der Waals surface area contributed by atoms with Gasteiger partial charge >= 0.3 is 6.41 Å². The average molecular weight is 599 g/mol. The molecule has 8 heteroatoms. The van der Waals surface area contributed by atoms with E-state index in [0.717, 1.165) is 24.5 Å². The van der Waals surface area contributed by atoms with Crippen molar-refractivity contribution in [2.45, 2.75) is 56.0 Å². The van der Waals surface area contributed by atoms with Gasteiger partial charge in [-0.2, -0.15) is 0 Å². The van der Waals surface area contributed by atoms with E-state index in [2.05, 4.69) is 62.7 Å². The summed E-state index contributed by atoms with van der Waals surface area (Å²) in [4.78, 5) is 23.7. The molecule has 6 nitrogen and oxygen atoms in total. The van der Waals surface area contributed by atoms with Crippen LogP contribution >= 0.6 is 11.8 Å². The zero-order chi connectivity index (χ0) is 23.5. The van der Waals surface area contributed by atoms with Crippen LogP contribution in [0.1, 0.15) is 50.3 Å². The second kappa shape index (κ2) is 11.7. The van der Waals surface area contributed by atoms with Crippen LogP contribution in [0.25, 0.3) is 0 Å². The Morgan fingerprint density at radius 1 is 1.18 bits per heavy atom. The predicted octanol–water partition coefficient (Wildman–Crippen LogP) is 1.69. The van der Waals surface area contributed by atoms with Gasteiger partial charge in [0.25, 0.3) is 0 Å². The van der Waals surface area contributed by atoms with E-state index in [4.69, 9.17) is 14.5 Å². The van der Waals surface area contributed by atoms with Gasteiger partial charge in [-0.25, -0.2) is 0 Å². The van der Waals surface area contributed by atoms with Crippen molar-refractivity contribution in [3.8, 4) is 5.75 Å². The summed E-state index contributed by atoms with van der Waals surface area (Å²) in [7, 11) is 4.12. The molecule has 1 saturated heterocycles. The molecular formula is C26H35IN2O4S. The molecule has 0 spiro atoms. The molecule has 0 bridgehead atoms. The Labute approximate surface area is 224 Å². The molecule has 2 heterocycles. The molecule has 4 rings (SSSR count). The van der Waals surface area contributed by atoms with Gasteiger partial charge in [-0.15, -0.1) is 21.5 Å². The quantitative estimate of drug-likeness (QED) is 0.195. The molecule has 0 radical (unpaired) electrons. The van der Waals surface area contributed by atoms with Gasteiger partial charge in [0.15, 0.2) is 0 Å². The van der Waals surface area contributed by atoms with Crippen molar-refractivity contribution < 1.29 is 47.8 Å². The fraction of sp³-hybridized carbons (Fsp3) is 0.500. The number of benzene rings is 2. The van der Waals surface area contributed by atoms with Crippen LogP contribution in [0.15, 0.2) is 53.4 Å². The van der Waals surface area contributed by atoms with Gasteiger partial charge in [0.1, 0.15) is 24.7 Å². The van der Waals surface area contributed by atoms with Gasteiger partial charge in [-0.05, 0) is 35.7 Å². The molecule has 0 aromatic heterocycles. The molecular weight excluding hydrogens is 563 g/mol. The minimum absolute atomic E-state index is 0. The first-order valence-corrected chi connectivity index (χ1v) is 12.7. The number of nitrogens with one attached hydrogen (secondary N) is 1. The summed E-state index contributed by atoms with van der Waals surface area (Å²) < 4.78 is 6.75. The zero-order valence-electron chi connectivity index (χ0n) is 20.4. The molecule has 186 valence electrons. The number of fused-ring (bicyclic) bond motifs is 1. The van der Waals surface area contributed by atoms with Gasteiger partial charge in [-0.1, -0.05) is 44.2 Å². The number of ether oxygens (including phenoxy) is 1. The molecule has 0 unspecified atom stereocenters. The van der Waals surface area contributed by atoms with Gasteiger partial charge in [-0.3, -0.25) is 14.6 Å². The van der Waals surface area contributed by atoms with Crippen molar-refractivity contribution in [3.63, 3.8) is 0 Å². The second-order valence-corrected chi connectivity index (χ2v) is 10.5. The fourth-order valence-electron chi connectivity index (χ4n) is 4.22. The third kappa shape index (κ3) is 6.53. The van der Waals surface area contributed by atoms with E-state index >= 15 is 0 Å². The van der Waals surface area contributed by atoms with E-state index in [9.17, 15) is 4.79 Å². The van der Waals surface area contributed by atoms with E-state index in [1.165, 1.54) is 16.0 Å². The summed E-state index contributed by atoms with van der Waals surface area (Å²) in [5, 5.41) is 3.91. The predicted molar refractivity (Wildman–Crippen MR) is 130 cm³/mol. The second-order valence-electron chi connectivity index (χ2n) is 9.53. The SMILES string of the molecule is CCC(=O)C[C@@]1(CC)CSc2ccc(OCC[N+](C)(C)C3OO3)cc2[C@H](c2ccccc2)N1.[I-]. The number of carbonyl (C=O) groups excluding carboxylic acids is 1. The molecule has 2 aromatic carbocycles. The highest BCUT2D eigenvalue weighted by Crippen LogP contribution is 2.42. The Morgan fingerprint density at radius 3 is 2.56 bits per heavy atom. The van der Waals surface area contributed by atoms with Crippen LogP contribution in [-0.4, -0.2) is 55.2 Å². The molecule has 0 saturated carbocycles. The molecule has 0 amide bonds. The summed E-state index contributed by atoms with van der Waals surface area (Å²) >= 11 is 1.83. The highest BCUT2D eigenvalue weighted by Gasteiger charge is 2.43. The lowest BCUT2D eigenvalue weighted by molar-refractivity contribution is -0.917. The fourth-order valence-corrected chi connectivity index (χ4v) is 5.55. The van der Waals surface area contributed by atoms with E-state index in [0.29, 0.717) is 29.7 Å². The average Bonchev–Trinajstić information content (AvgIpc) is 3.68. The molecule has 1 fully saturated rings. The van der Waals surface area contributed by atoms with Crippen molar-refractivity contribution >= 4 is 17.5 Å². The van der Waals surface area contributed by atoms with Crippen LogP contribution in [0.2, 0.25) is 0 Å². The Kier molecular flexibility index (Phi) is 9.44. The number of thioether (sulfide) groups is 1. The van der Waals surface area contributed by atoms with Crippen LogP contribution in [0.5, 0.6) is 5.75 Å². The maximum Gasteiger partial charge on any atom is 0.364 e. The van der Waals surface area contributed by atoms with Crippen molar-refractivity contribution in [2.75, 3.05) is 33.0 Å². The van der Waals surface area contributed by atoms with E-state index in [-0.39, 0.29) is 42.0 Å². The lowest BCUT2D eigenvalue weighted by atomic mass is 9.87. The first-order valence-electron chi connectivity index (χ1n) is 11.7. The minimum Gasteiger partial charge on any atom is -1.00 e. The summed E-state index contributed by atoms with van der Waals surface area (Å²) in [5.74, 6) is 2.01. The van der Waals surface area contributed by atoms with Crippen molar-refractivity contribution in [2.24, 2.45) is 0 Å². The Balaban J connectivity index is 0.00000324. The van der Waals surface area contributed by atoms with Crippen LogP contribution in [0.4, 0.5) is 0 Å². The summed E-state index contributed by atoms with van der Waals surface area (Å²) in [6.07, 6.45) is 1.81. The van der Waals surface area contributed by atoms with Crippen LogP contribution in [-0.2, 0) is 14.6 Å². The maximum atomic E-state index is 12.5. The van der Waals surface area contributed by atoms with Gasteiger partial charge in [0, 0.05) is 29.0 Å². The van der Waals surface area contributed by atoms with E-state index in [1.807, 2.05) is 30.8 Å². The number of halogens is 1. The molecule has 2 atom stereocenters. The molecule has 34 heavy (non-hydrogen) atoms. The highest BCUT2D eigenvalue weighted by molar-refractivity contribution is 7.99. The Bertz CT molecular complexity index is 971. The lowest BCUT2D eigenvalue weighted by Crippen LogP contribution is -3.00. The normalized spacial score (nSPS) is 22.3. The van der Waals surface area contributed by atoms with Gasteiger partial charge in [0.05, 0.1) is 20.1 Å². The zero-order valence-corrected chi connectivity index (χ0v) is 23.4. The van der Waals surface area contributed by atoms with Crippen molar-refractivity contribution in [3.05, 3.63) is 59.7 Å². The van der Waals surface area contributed by atoms with Crippen LogP contribution in [0, 0.1) is 0 Å². The van der Waals surface area contributed by atoms with Gasteiger partial charge < -0.3 is 28.7 Å². The highest BCUT2D eigenvalue weighted by atomic mass is 127. The number of nitrogens with zero attached hydrogens (tertiary/aromatic N) is 1. The number of carbonyl (C=O) groups is 1. The molecule has 2 aliphatic heterocycles. The number of rotatable bonds is 10. The first kappa shape index (κ1) is 27.4. The summed E-state index contributed by atoms with van der Waals surface area (Å²) in [6.45, 7) is 5.46. The first-order chi connectivity index (χ1) is 15.9. The standard InChI is InChI=1S/C26H35N2O4S.HI/c1-5-20(29)17-26(6-2)18-33-23-13-12-21(30-15-14-28(3,4)25-31-32-25)16-22(23)24(27-26)19-10-8-7-9-11-19;/h7-13,16,24-25,27H,5-6,14-15,17-18H2,1-4H3;1H/q+1;/p-1/t24-,26-;/m0./s1. The maximum absolute atomic E-state index is 12.5. The number of hydrogen-bond donors (Lipinski definition) is 1. The molecule has 2 aliphatic rings. The molecule has 0 aliphatic carbocycles. The largest absolute Gasteiger partial charge is 1.00 e. The lowest BCUT2D eigenvalue weighted by Gasteiger charge is -2.35. The number of hydrogen-bond acceptors (Lipinski definition) is 6.